The van der Waals surface area contributed by atoms with Crippen LogP contribution in [0, 0.1) is 5.92 Å². The molecule has 1 aromatic rings. The summed E-state index contributed by atoms with van der Waals surface area (Å²) in [6.45, 7) is 5.12. The van der Waals surface area contributed by atoms with Crippen LogP contribution in [0.2, 0.25) is 0 Å². The van der Waals surface area contributed by atoms with Gasteiger partial charge in [-0.15, -0.1) is 0 Å². The van der Waals surface area contributed by atoms with Crippen LogP contribution in [-0.2, 0) is 11.2 Å². The molecular formula is C16H23NO2. The number of para-hydroxylation sites is 1. The second kappa shape index (κ2) is 5.93. The highest BCUT2D eigenvalue weighted by Gasteiger charge is 2.27. The molecule has 0 spiro atoms. The third kappa shape index (κ3) is 2.93. The van der Waals surface area contributed by atoms with Crippen LogP contribution in [0.5, 0.6) is 5.75 Å². The van der Waals surface area contributed by atoms with E-state index in [9.17, 15) is 0 Å². The molecule has 3 nitrogen and oxygen atoms in total. The smallest absolute Gasteiger partial charge is 0.123 e. The van der Waals surface area contributed by atoms with E-state index in [0.717, 1.165) is 38.3 Å². The number of hydrogen-bond donors (Lipinski definition) is 1. The first-order chi connectivity index (χ1) is 9.36. The van der Waals surface area contributed by atoms with Crippen molar-refractivity contribution in [2.45, 2.75) is 38.4 Å². The van der Waals surface area contributed by atoms with Crippen molar-refractivity contribution in [2.75, 3.05) is 19.7 Å². The van der Waals surface area contributed by atoms with Gasteiger partial charge in [0.05, 0.1) is 6.10 Å². The molecule has 2 aliphatic rings. The van der Waals surface area contributed by atoms with Crippen LogP contribution in [0.25, 0.3) is 0 Å². The van der Waals surface area contributed by atoms with Crippen molar-refractivity contribution in [3.63, 3.8) is 0 Å². The normalized spacial score (nSPS) is 29.2. The van der Waals surface area contributed by atoms with Gasteiger partial charge in [0.1, 0.15) is 11.9 Å². The Hall–Kier alpha value is -1.06. The molecule has 104 valence electrons. The lowest BCUT2D eigenvalue weighted by Gasteiger charge is -2.18. The van der Waals surface area contributed by atoms with Gasteiger partial charge >= 0.3 is 0 Å². The fraction of sp³-hybridized carbons (Fsp3) is 0.625. The van der Waals surface area contributed by atoms with Crippen molar-refractivity contribution < 1.29 is 9.47 Å². The Bertz CT molecular complexity index is 396. The number of hydrogen-bond acceptors (Lipinski definition) is 3. The monoisotopic (exact) mass is 261 g/mol. The zero-order valence-corrected chi connectivity index (χ0v) is 11.6. The molecule has 0 saturated carbocycles. The Kier molecular flexibility index (Phi) is 4.04. The zero-order chi connectivity index (χ0) is 13.1. The summed E-state index contributed by atoms with van der Waals surface area (Å²) in [6, 6.07) is 8.34. The average Bonchev–Trinajstić information content (AvgIpc) is 3.04. The van der Waals surface area contributed by atoms with Crippen molar-refractivity contribution in [2.24, 2.45) is 5.92 Å². The van der Waals surface area contributed by atoms with E-state index in [-0.39, 0.29) is 0 Å². The average molecular weight is 261 g/mol. The molecular weight excluding hydrogens is 238 g/mol. The lowest BCUT2D eigenvalue weighted by molar-refractivity contribution is 0.0865. The molecule has 0 bridgehead atoms. The lowest BCUT2D eigenvalue weighted by Crippen LogP contribution is -2.35. The maximum absolute atomic E-state index is 5.93. The van der Waals surface area contributed by atoms with Gasteiger partial charge in [0.25, 0.3) is 0 Å². The van der Waals surface area contributed by atoms with E-state index in [1.165, 1.54) is 12.0 Å². The Labute approximate surface area is 115 Å². The van der Waals surface area contributed by atoms with Crippen molar-refractivity contribution in [1.82, 2.24) is 5.32 Å². The SMILES string of the molecule is CCC1OCCC1CNCC1Cc2ccccc2O1. The van der Waals surface area contributed by atoms with E-state index in [1.54, 1.807) is 0 Å². The molecule has 3 unspecified atom stereocenters. The quantitative estimate of drug-likeness (QED) is 0.883. The molecule has 0 aromatic heterocycles. The molecule has 1 saturated heterocycles. The molecule has 0 amide bonds. The number of fused-ring (bicyclic) bond motifs is 1. The summed E-state index contributed by atoms with van der Waals surface area (Å²) in [5.74, 6) is 1.73. The second-order valence-corrected chi connectivity index (χ2v) is 5.58. The van der Waals surface area contributed by atoms with Crippen molar-refractivity contribution >= 4 is 0 Å². The van der Waals surface area contributed by atoms with Gasteiger partial charge in [-0.2, -0.15) is 0 Å². The van der Waals surface area contributed by atoms with Crippen molar-refractivity contribution in [3.8, 4) is 5.75 Å². The van der Waals surface area contributed by atoms with Crippen LogP contribution in [0.4, 0.5) is 0 Å². The van der Waals surface area contributed by atoms with Gasteiger partial charge in [-0.25, -0.2) is 0 Å². The number of rotatable bonds is 5. The first-order valence-corrected chi connectivity index (χ1v) is 7.43. The fourth-order valence-corrected chi connectivity index (χ4v) is 3.17. The maximum atomic E-state index is 5.93. The van der Waals surface area contributed by atoms with Crippen LogP contribution < -0.4 is 10.1 Å². The molecule has 19 heavy (non-hydrogen) atoms. The van der Waals surface area contributed by atoms with Crippen LogP contribution in [-0.4, -0.2) is 31.9 Å². The third-order valence-corrected chi connectivity index (χ3v) is 4.24. The minimum Gasteiger partial charge on any atom is -0.488 e. The van der Waals surface area contributed by atoms with Crippen LogP contribution in [0.3, 0.4) is 0 Å². The Morgan fingerprint density at radius 3 is 3.00 bits per heavy atom. The van der Waals surface area contributed by atoms with Gasteiger partial charge in [0.2, 0.25) is 0 Å². The summed E-state index contributed by atoms with van der Waals surface area (Å²) in [7, 11) is 0. The van der Waals surface area contributed by atoms with Crippen LogP contribution >= 0.6 is 0 Å². The molecule has 2 heterocycles. The van der Waals surface area contributed by atoms with Crippen LogP contribution in [0.1, 0.15) is 25.3 Å². The van der Waals surface area contributed by atoms with Gasteiger partial charge in [0.15, 0.2) is 0 Å². The van der Waals surface area contributed by atoms with E-state index >= 15 is 0 Å². The van der Waals surface area contributed by atoms with Crippen LogP contribution in [0.15, 0.2) is 24.3 Å². The van der Waals surface area contributed by atoms with Gasteiger partial charge in [-0.1, -0.05) is 25.1 Å². The van der Waals surface area contributed by atoms with E-state index < -0.39 is 0 Å². The Balaban J connectivity index is 1.42. The second-order valence-electron chi connectivity index (χ2n) is 5.58. The number of nitrogens with one attached hydrogen (secondary N) is 1. The first-order valence-electron chi connectivity index (χ1n) is 7.43. The fourth-order valence-electron chi connectivity index (χ4n) is 3.17. The van der Waals surface area contributed by atoms with E-state index in [4.69, 9.17) is 9.47 Å². The molecule has 3 rings (SSSR count). The molecule has 1 fully saturated rings. The predicted molar refractivity (Wildman–Crippen MR) is 75.6 cm³/mol. The summed E-state index contributed by atoms with van der Waals surface area (Å²) in [5, 5.41) is 3.56. The van der Waals surface area contributed by atoms with E-state index in [1.807, 2.05) is 6.07 Å². The molecule has 3 atom stereocenters. The molecule has 0 radical (unpaired) electrons. The minimum atomic E-state index is 0.291. The van der Waals surface area contributed by atoms with Crippen molar-refractivity contribution in [3.05, 3.63) is 29.8 Å². The molecule has 1 N–H and O–H groups in total. The van der Waals surface area contributed by atoms with Gasteiger partial charge < -0.3 is 14.8 Å². The van der Waals surface area contributed by atoms with E-state index in [0.29, 0.717) is 18.1 Å². The zero-order valence-electron chi connectivity index (χ0n) is 11.6. The summed E-state index contributed by atoms with van der Waals surface area (Å²) in [5.41, 5.74) is 1.34. The molecule has 2 aliphatic heterocycles. The van der Waals surface area contributed by atoms with E-state index in [2.05, 4.69) is 30.4 Å². The standard InChI is InChI=1S/C16H23NO2/c1-2-15-13(7-8-18-15)10-17-11-14-9-12-5-3-4-6-16(12)19-14/h3-6,13-15,17H,2,7-11H2,1H3. The van der Waals surface area contributed by atoms with Crippen molar-refractivity contribution in [1.29, 1.82) is 0 Å². The highest BCUT2D eigenvalue weighted by Crippen LogP contribution is 2.28. The van der Waals surface area contributed by atoms with Gasteiger partial charge in [0, 0.05) is 26.1 Å². The highest BCUT2D eigenvalue weighted by molar-refractivity contribution is 5.37. The largest absolute Gasteiger partial charge is 0.488 e. The topological polar surface area (TPSA) is 30.5 Å². The third-order valence-electron chi connectivity index (χ3n) is 4.24. The molecule has 3 heteroatoms. The summed E-state index contributed by atoms with van der Waals surface area (Å²) < 4.78 is 11.6. The minimum absolute atomic E-state index is 0.291. The number of ether oxygens (including phenoxy) is 2. The summed E-state index contributed by atoms with van der Waals surface area (Å²) >= 11 is 0. The summed E-state index contributed by atoms with van der Waals surface area (Å²) in [4.78, 5) is 0. The molecule has 0 aliphatic carbocycles. The number of benzene rings is 1. The Morgan fingerprint density at radius 2 is 2.16 bits per heavy atom. The predicted octanol–water partition coefficient (Wildman–Crippen LogP) is 2.39. The highest BCUT2D eigenvalue weighted by atomic mass is 16.5. The lowest BCUT2D eigenvalue weighted by atomic mass is 9.99. The maximum Gasteiger partial charge on any atom is 0.123 e. The van der Waals surface area contributed by atoms with Gasteiger partial charge in [-0.05, 0) is 30.4 Å². The summed E-state index contributed by atoms with van der Waals surface area (Å²) in [6.07, 6.45) is 4.09. The first kappa shape index (κ1) is 12.9. The molecule has 1 aromatic carbocycles. The van der Waals surface area contributed by atoms with Gasteiger partial charge in [-0.3, -0.25) is 0 Å². The Morgan fingerprint density at radius 1 is 1.26 bits per heavy atom.